The molecule has 1 aromatic carbocycles. The number of rotatable bonds is 3. The molecule has 1 aromatic heterocycles. The normalized spacial score (nSPS) is 10.1. The molecule has 0 aliphatic rings. The summed E-state index contributed by atoms with van der Waals surface area (Å²) in [6, 6.07) is 9.01. The molecule has 0 unspecified atom stereocenters. The fraction of sp³-hybridized carbons (Fsp3) is 0.0769. The first-order chi connectivity index (χ1) is 8.58. The molecule has 0 saturated heterocycles. The third-order valence-corrected chi connectivity index (χ3v) is 3.52. The molecule has 0 fully saturated rings. The number of aromatic nitrogens is 1. The van der Waals surface area contributed by atoms with Crippen LogP contribution in [0.25, 0.3) is 0 Å². The fourth-order valence-electron chi connectivity index (χ4n) is 1.48. The summed E-state index contributed by atoms with van der Waals surface area (Å²) in [6.45, 7) is 2.00. The highest BCUT2D eigenvalue weighted by molar-refractivity contribution is 9.10. The summed E-state index contributed by atoms with van der Waals surface area (Å²) in [5.41, 5.74) is 2.18. The van der Waals surface area contributed by atoms with Gasteiger partial charge in [0.1, 0.15) is 5.82 Å². The van der Waals surface area contributed by atoms with Crippen molar-refractivity contribution in [3.8, 4) is 0 Å². The van der Waals surface area contributed by atoms with Gasteiger partial charge in [-0.1, -0.05) is 12.1 Å². The first-order valence-corrected chi connectivity index (χ1v) is 6.08. The second-order valence-corrected chi connectivity index (χ2v) is 4.59. The van der Waals surface area contributed by atoms with Crippen LogP contribution in [0.2, 0.25) is 0 Å². The van der Waals surface area contributed by atoms with Crippen molar-refractivity contribution < 1.29 is 9.90 Å². The zero-order chi connectivity index (χ0) is 13.1. The van der Waals surface area contributed by atoms with E-state index in [2.05, 4.69) is 26.2 Å². The molecule has 2 aromatic rings. The van der Waals surface area contributed by atoms with E-state index in [-0.39, 0.29) is 5.56 Å². The molecule has 0 spiro atoms. The van der Waals surface area contributed by atoms with Crippen molar-refractivity contribution >= 4 is 33.4 Å². The van der Waals surface area contributed by atoms with E-state index in [0.717, 1.165) is 15.7 Å². The lowest BCUT2D eigenvalue weighted by atomic mass is 10.2. The van der Waals surface area contributed by atoms with E-state index in [1.807, 2.05) is 25.1 Å². The van der Waals surface area contributed by atoms with Gasteiger partial charge < -0.3 is 10.4 Å². The van der Waals surface area contributed by atoms with E-state index in [9.17, 15) is 4.79 Å². The van der Waals surface area contributed by atoms with Gasteiger partial charge in [0.2, 0.25) is 0 Å². The third-order valence-electron chi connectivity index (χ3n) is 2.46. The van der Waals surface area contributed by atoms with Gasteiger partial charge in [0, 0.05) is 10.7 Å². The van der Waals surface area contributed by atoms with Gasteiger partial charge in [-0.15, -0.1) is 0 Å². The van der Waals surface area contributed by atoms with Crippen molar-refractivity contribution in [2.75, 3.05) is 5.32 Å². The molecule has 5 heteroatoms. The van der Waals surface area contributed by atoms with Crippen molar-refractivity contribution in [2.45, 2.75) is 6.92 Å². The Hall–Kier alpha value is -1.88. The Kier molecular flexibility index (Phi) is 3.62. The van der Waals surface area contributed by atoms with Crippen molar-refractivity contribution in [3.63, 3.8) is 0 Å². The van der Waals surface area contributed by atoms with E-state index in [1.54, 1.807) is 6.07 Å². The zero-order valence-corrected chi connectivity index (χ0v) is 11.2. The zero-order valence-electron chi connectivity index (χ0n) is 9.64. The molecule has 0 radical (unpaired) electrons. The molecule has 0 atom stereocenters. The average molecular weight is 307 g/mol. The van der Waals surface area contributed by atoms with Gasteiger partial charge >= 0.3 is 5.97 Å². The number of benzene rings is 1. The Morgan fingerprint density at radius 3 is 2.72 bits per heavy atom. The van der Waals surface area contributed by atoms with Crippen LogP contribution < -0.4 is 5.32 Å². The van der Waals surface area contributed by atoms with E-state index in [0.29, 0.717) is 5.82 Å². The van der Waals surface area contributed by atoms with Gasteiger partial charge in [0.25, 0.3) is 0 Å². The standard InChI is InChI=1S/C13H11BrN2O2/c1-8-3-2-4-10(12(8)14)16-11-6-5-9(7-15-11)13(17)18/h2-7H,1H3,(H,15,16)(H,17,18). The van der Waals surface area contributed by atoms with Gasteiger partial charge in [0.15, 0.2) is 0 Å². The minimum Gasteiger partial charge on any atom is -0.478 e. The molecule has 92 valence electrons. The monoisotopic (exact) mass is 306 g/mol. The molecule has 4 nitrogen and oxygen atoms in total. The Bertz CT molecular complexity index is 582. The third kappa shape index (κ3) is 2.68. The van der Waals surface area contributed by atoms with Gasteiger partial charge in [0.05, 0.1) is 11.3 Å². The van der Waals surface area contributed by atoms with E-state index >= 15 is 0 Å². The predicted octanol–water partition coefficient (Wildman–Crippen LogP) is 3.59. The quantitative estimate of drug-likeness (QED) is 0.909. The smallest absolute Gasteiger partial charge is 0.337 e. The number of halogens is 1. The highest BCUT2D eigenvalue weighted by Crippen LogP contribution is 2.27. The number of carboxylic acid groups (broad SMARTS) is 1. The predicted molar refractivity (Wildman–Crippen MR) is 73.4 cm³/mol. The molecule has 0 amide bonds. The summed E-state index contributed by atoms with van der Waals surface area (Å²) in [7, 11) is 0. The highest BCUT2D eigenvalue weighted by Gasteiger charge is 2.05. The van der Waals surface area contributed by atoms with Gasteiger partial charge in [-0.2, -0.15) is 0 Å². The Balaban J connectivity index is 2.24. The second kappa shape index (κ2) is 5.18. The van der Waals surface area contributed by atoms with E-state index in [4.69, 9.17) is 5.11 Å². The highest BCUT2D eigenvalue weighted by atomic mass is 79.9. The van der Waals surface area contributed by atoms with Crippen molar-refractivity contribution in [2.24, 2.45) is 0 Å². The summed E-state index contributed by atoms with van der Waals surface area (Å²) in [4.78, 5) is 14.8. The van der Waals surface area contributed by atoms with E-state index in [1.165, 1.54) is 12.3 Å². The molecule has 2 rings (SSSR count). The Labute approximate surface area is 113 Å². The molecule has 0 aliphatic carbocycles. The molecule has 0 saturated carbocycles. The van der Waals surface area contributed by atoms with Crippen LogP contribution in [0.4, 0.5) is 11.5 Å². The number of aryl methyl sites for hydroxylation is 1. The number of carboxylic acids is 1. The molecule has 0 aliphatic heterocycles. The maximum Gasteiger partial charge on any atom is 0.337 e. The lowest BCUT2D eigenvalue weighted by Gasteiger charge is -2.09. The SMILES string of the molecule is Cc1cccc(Nc2ccc(C(=O)O)cn2)c1Br. The first kappa shape index (κ1) is 12.6. The molecule has 18 heavy (non-hydrogen) atoms. The van der Waals surface area contributed by atoms with Gasteiger partial charge in [-0.05, 0) is 46.6 Å². The maximum atomic E-state index is 10.7. The van der Waals surface area contributed by atoms with Crippen molar-refractivity contribution in [1.82, 2.24) is 4.98 Å². The molecule has 0 bridgehead atoms. The van der Waals surface area contributed by atoms with Crippen LogP contribution in [0, 0.1) is 6.92 Å². The Morgan fingerprint density at radius 2 is 2.11 bits per heavy atom. The Morgan fingerprint density at radius 1 is 1.33 bits per heavy atom. The molecule has 2 N–H and O–H groups in total. The summed E-state index contributed by atoms with van der Waals surface area (Å²) in [6.07, 6.45) is 1.33. The summed E-state index contributed by atoms with van der Waals surface area (Å²) >= 11 is 3.49. The molecular weight excluding hydrogens is 296 g/mol. The van der Waals surface area contributed by atoms with Crippen molar-refractivity contribution in [3.05, 3.63) is 52.1 Å². The average Bonchev–Trinajstić information content (AvgIpc) is 2.36. The largest absolute Gasteiger partial charge is 0.478 e. The number of pyridine rings is 1. The maximum absolute atomic E-state index is 10.7. The van der Waals surface area contributed by atoms with Crippen LogP contribution >= 0.6 is 15.9 Å². The molecule has 1 heterocycles. The lowest BCUT2D eigenvalue weighted by Crippen LogP contribution is -1.99. The topological polar surface area (TPSA) is 62.2 Å². The number of hydrogen-bond donors (Lipinski definition) is 2. The first-order valence-electron chi connectivity index (χ1n) is 5.29. The minimum atomic E-state index is -0.981. The van der Waals surface area contributed by atoms with Crippen LogP contribution in [0.3, 0.4) is 0 Å². The summed E-state index contributed by atoms with van der Waals surface area (Å²) < 4.78 is 0.967. The van der Waals surface area contributed by atoms with E-state index < -0.39 is 5.97 Å². The van der Waals surface area contributed by atoms with Crippen molar-refractivity contribution in [1.29, 1.82) is 0 Å². The van der Waals surface area contributed by atoms with Crippen LogP contribution in [-0.2, 0) is 0 Å². The number of nitrogens with one attached hydrogen (secondary N) is 1. The lowest BCUT2D eigenvalue weighted by molar-refractivity contribution is 0.0696. The van der Waals surface area contributed by atoms with Crippen LogP contribution in [0.15, 0.2) is 41.0 Å². The van der Waals surface area contributed by atoms with Gasteiger partial charge in [-0.3, -0.25) is 0 Å². The number of anilines is 2. The number of aromatic carboxylic acids is 1. The van der Waals surface area contributed by atoms with Crippen LogP contribution in [-0.4, -0.2) is 16.1 Å². The van der Waals surface area contributed by atoms with Crippen LogP contribution in [0.1, 0.15) is 15.9 Å². The number of nitrogens with zero attached hydrogens (tertiary/aromatic N) is 1. The second-order valence-electron chi connectivity index (χ2n) is 3.80. The van der Waals surface area contributed by atoms with Crippen LogP contribution in [0.5, 0.6) is 0 Å². The number of carbonyl (C=O) groups is 1. The fourth-order valence-corrected chi connectivity index (χ4v) is 1.84. The van der Waals surface area contributed by atoms with Gasteiger partial charge in [-0.25, -0.2) is 9.78 Å². The molecular formula is C13H11BrN2O2. The number of hydrogen-bond acceptors (Lipinski definition) is 3. The summed E-state index contributed by atoms with van der Waals surface area (Å²) in [5, 5.41) is 11.9. The minimum absolute atomic E-state index is 0.170. The summed E-state index contributed by atoms with van der Waals surface area (Å²) in [5.74, 6) is -0.378.